The smallest absolute Gasteiger partial charge is 0.222 e. The lowest BCUT2D eigenvalue weighted by molar-refractivity contribution is -0.114. The molecule has 134 valence electrons. The number of hydrogen-bond acceptors (Lipinski definition) is 5. The van der Waals surface area contributed by atoms with Gasteiger partial charge in [-0.05, 0) is 42.7 Å². The summed E-state index contributed by atoms with van der Waals surface area (Å²) in [4.78, 5) is 22.9. The monoisotopic (exact) mass is 366 g/mol. The Labute approximate surface area is 157 Å². The Morgan fingerprint density at radius 3 is 2.92 bits per heavy atom. The predicted octanol–water partition coefficient (Wildman–Crippen LogP) is 3.81. The number of pyridine rings is 1. The Balaban J connectivity index is 1.51. The van der Waals surface area contributed by atoms with E-state index in [0.29, 0.717) is 11.9 Å². The van der Waals surface area contributed by atoms with Crippen LogP contribution in [0.5, 0.6) is 0 Å². The zero-order valence-corrected chi connectivity index (χ0v) is 15.8. The van der Waals surface area contributed by atoms with Crippen LogP contribution in [-0.4, -0.2) is 33.9 Å². The average molecular weight is 366 g/mol. The van der Waals surface area contributed by atoms with Crippen molar-refractivity contribution in [1.29, 1.82) is 0 Å². The topological polar surface area (TPSA) is 58.1 Å². The zero-order chi connectivity index (χ0) is 18.1. The fourth-order valence-corrected chi connectivity index (χ4v) is 4.24. The quantitative estimate of drug-likeness (QED) is 0.766. The number of benzene rings is 1. The number of hydrogen-bond donors (Lipinski definition) is 1. The van der Waals surface area contributed by atoms with Gasteiger partial charge in [0.1, 0.15) is 5.82 Å². The second kappa shape index (κ2) is 7.13. The molecule has 4 rings (SSSR count). The maximum atomic E-state index is 11.3. The van der Waals surface area contributed by atoms with E-state index in [-0.39, 0.29) is 5.91 Å². The summed E-state index contributed by atoms with van der Waals surface area (Å²) in [5.41, 5.74) is 6.67. The van der Waals surface area contributed by atoms with Crippen LogP contribution < -0.4 is 5.32 Å². The van der Waals surface area contributed by atoms with Crippen LogP contribution in [0.4, 0.5) is 5.82 Å². The molecule has 3 heterocycles. The summed E-state index contributed by atoms with van der Waals surface area (Å²) in [6.45, 7) is 5.74. The van der Waals surface area contributed by atoms with Gasteiger partial charge in [0.15, 0.2) is 0 Å². The van der Waals surface area contributed by atoms with Gasteiger partial charge in [0.25, 0.3) is 0 Å². The third-order valence-corrected chi connectivity index (χ3v) is 5.87. The van der Waals surface area contributed by atoms with Gasteiger partial charge in [-0.1, -0.05) is 12.1 Å². The fourth-order valence-electron chi connectivity index (χ4n) is 3.58. The lowest BCUT2D eigenvalue weighted by atomic mass is 10.1. The van der Waals surface area contributed by atoms with Gasteiger partial charge in [-0.3, -0.25) is 9.69 Å². The zero-order valence-electron chi connectivity index (χ0n) is 15.0. The number of amides is 1. The number of nitrogens with one attached hydrogen (secondary N) is 1. The lowest BCUT2D eigenvalue weighted by Gasteiger charge is -2.27. The molecule has 0 fully saturated rings. The van der Waals surface area contributed by atoms with Crippen molar-refractivity contribution in [2.24, 2.45) is 0 Å². The first kappa shape index (κ1) is 17.1. The van der Waals surface area contributed by atoms with Gasteiger partial charge >= 0.3 is 0 Å². The second-order valence-electron chi connectivity index (χ2n) is 6.77. The molecule has 1 atom stereocenters. The van der Waals surface area contributed by atoms with Crippen LogP contribution in [0.1, 0.15) is 36.7 Å². The van der Waals surface area contributed by atoms with Crippen LogP contribution in [0.3, 0.4) is 0 Å². The van der Waals surface area contributed by atoms with Crippen molar-refractivity contribution in [3.05, 3.63) is 52.7 Å². The summed E-state index contributed by atoms with van der Waals surface area (Å²) in [5, 5.41) is 2.78. The van der Waals surface area contributed by atoms with E-state index in [4.69, 9.17) is 0 Å². The van der Waals surface area contributed by atoms with E-state index in [9.17, 15) is 4.79 Å². The Hall–Kier alpha value is -2.31. The SMILES string of the molecule is CC(=O)Nc1ccc2c(n1)CCN([C@H](C)c1ccc3scnc3c1)CC2. The number of aromatic nitrogens is 2. The van der Waals surface area contributed by atoms with Crippen molar-refractivity contribution in [3.8, 4) is 0 Å². The first-order valence-corrected chi connectivity index (χ1v) is 9.82. The minimum absolute atomic E-state index is 0.0845. The largest absolute Gasteiger partial charge is 0.311 e. The average Bonchev–Trinajstić information content (AvgIpc) is 2.99. The molecular formula is C20H22N4OS. The maximum Gasteiger partial charge on any atom is 0.222 e. The molecule has 0 spiro atoms. The first-order valence-electron chi connectivity index (χ1n) is 8.94. The van der Waals surface area contributed by atoms with Crippen LogP contribution in [-0.2, 0) is 17.6 Å². The van der Waals surface area contributed by atoms with E-state index in [1.807, 2.05) is 11.6 Å². The van der Waals surface area contributed by atoms with Crippen molar-refractivity contribution in [2.75, 3.05) is 18.4 Å². The van der Waals surface area contributed by atoms with Gasteiger partial charge in [0.2, 0.25) is 5.91 Å². The molecule has 1 N–H and O–H groups in total. The molecule has 1 aliphatic heterocycles. The summed E-state index contributed by atoms with van der Waals surface area (Å²) >= 11 is 1.68. The number of carbonyl (C=O) groups is 1. The molecule has 6 heteroatoms. The molecule has 2 aromatic heterocycles. The molecule has 0 saturated carbocycles. The van der Waals surface area contributed by atoms with E-state index < -0.39 is 0 Å². The summed E-state index contributed by atoms with van der Waals surface area (Å²) in [6.07, 6.45) is 1.87. The minimum Gasteiger partial charge on any atom is -0.311 e. The molecule has 0 bridgehead atoms. The fraction of sp³-hybridized carbons (Fsp3) is 0.350. The van der Waals surface area contributed by atoms with Crippen LogP contribution in [0.2, 0.25) is 0 Å². The van der Waals surface area contributed by atoms with Gasteiger partial charge in [-0.2, -0.15) is 0 Å². The van der Waals surface area contributed by atoms with Crippen molar-refractivity contribution in [3.63, 3.8) is 0 Å². The van der Waals surface area contributed by atoms with Crippen LogP contribution >= 0.6 is 11.3 Å². The third-order valence-electron chi connectivity index (χ3n) is 5.06. The van der Waals surface area contributed by atoms with Crippen LogP contribution in [0.25, 0.3) is 10.2 Å². The second-order valence-corrected chi connectivity index (χ2v) is 7.66. The summed E-state index contributed by atoms with van der Waals surface area (Å²) in [6, 6.07) is 10.9. The van der Waals surface area contributed by atoms with Crippen molar-refractivity contribution >= 4 is 33.3 Å². The van der Waals surface area contributed by atoms with Crippen molar-refractivity contribution in [2.45, 2.75) is 32.7 Å². The van der Waals surface area contributed by atoms with E-state index in [1.54, 1.807) is 11.3 Å². The van der Waals surface area contributed by atoms with Gasteiger partial charge in [-0.25, -0.2) is 9.97 Å². The maximum absolute atomic E-state index is 11.3. The lowest BCUT2D eigenvalue weighted by Crippen LogP contribution is -2.29. The Morgan fingerprint density at radius 2 is 2.08 bits per heavy atom. The van der Waals surface area contributed by atoms with Gasteiger partial charge in [-0.15, -0.1) is 11.3 Å². The van der Waals surface area contributed by atoms with E-state index >= 15 is 0 Å². The number of thiazole rings is 1. The Bertz CT molecular complexity index is 952. The van der Waals surface area contributed by atoms with Gasteiger partial charge in [0, 0.05) is 38.2 Å². The first-order chi connectivity index (χ1) is 12.6. The Kier molecular flexibility index (Phi) is 4.70. The highest BCUT2D eigenvalue weighted by Gasteiger charge is 2.21. The molecule has 1 aliphatic rings. The molecule has 1 aromatic carbocycles. The highest BCUT2D eigenvalue weighted by Crippen LogP contribution is 2.28. The summed E-state index contributed by atoms with van der Waals surface area (Å²) in [7, 11) is 0. The van der Waals surface area contributed by atoms with Crippen molar-refractivity contribution < 1.29 is 4.79 Å². The number of fused-ring (bicyclic) bond motifs is 2. The molecule has 0 saturated heterocycles. The van der Waals surface area contributed by atoms with E-state index in [2.05, 4.69) is 51.4 Å². The number of nitrogens with zero attached hydrogens (tertiary/aromatic N) is 3. The predicted molar refractivity (Wildman–Crippen MR) is 106 cm³/mol. The molecule has 1 amide bonds. The van der Waals surface area contributed by atoms with Gasteiger partial charge in [0.05, 0.1) is 15.7 Å². The standard InChI is InChI=1S/C20H22N4OS/c1-13(16-3-5-19-18(11-16)21-12-26-19)24-9-7-15-4-6-20(22-14(2)25)23-17(15)8-10-24/h3-6,11-13H,7-10H2,1-2H3,(H,22,23,25)/t13-/m1/s1. The third kappa shape index (κ3) is 3.48. The molecule has 26 heavy (non-hydrogen) atoms. The van der Waals surface area contributed by atoms with E-state index in [1.165, 1.54) is 22.8 Å². The highest BCUT2D eigenvalue weighted by molar-refractivity contribution is 7.16. The van der Waals surface area contributed by atoms with Gasteiger partial charge < -0.3 is 5.32 Å². The summed E-state index contributed by atoms with van der Waals surface area (Å²) < 4.78 is 1.24. The minimum atomic E-state index is -0.0845. The number of rotatable bonds is 3. The van der Waals surface area contributed by atoms with Crippen molar-refractivity contribution in [1.82, 2.24) is 14.9 Å². The molecule has 0 aliphatic carbocycles. The number of anilines is 1. The van der Waals surface area contributed by atoms with E-state index in [0.717, 1.165) is 37.1 Å². The summed E-state index contributed by atoms with van der Waals surface area (Å²) in [5.74, 6) is 0.561. The molecule has 0 radical (unpaired) electrons. The van der Waals surface area contributed by atoms with Crippen LogP contribution in [0, 0.1) is 0 Å². The normalized spacial score (nSPS) is 16.1. The molecule has 3 aromatic rings. The highest BCUT2D eigenvalue weighted by atomic mass is 32.1. The Morgan fingerprint density at radius 1 is 1.23 bits per heavy atom. The number of carbonyl (C=O) groups excluding carboxylic acids is 1. The molecule has 5 nitrogen and oxygen atoms in total. The van der Waals surface area contributed by atoms with Crippen LogP contribution in [0.15, 0.2) is 35.8 Å². The molecular weight excluding hydrogens is 344 g/mol. The molecule has 0 unspecified atom stereocenters.